The van der Waals surface area contributed by atoms with Crippen LogP contribution in [0.4, 0.5) is 0 Å². The Bertz CT molecular complexity index is 643. The van der Waals surface area contributed by atoms with Crippen LogP contribution in [0.5, 0.6) is 0 Å². The van der Waals surface area contributed by atoms with Gasteiger partial charge in [0, 0.05) is 10.8 Å². The Kier molecular flexibility index (Phi) is 3.56. The van der Waals surface area contributed by atoms with Gasteiger partial charge in [0.25, 0.3) is 0 Å². The third-order valence-corrected chi connectivity index (χ3v) is 4.84. The molecule has 0 N–H and O–H groups in total. The van der Waals surface area contributed by atoms with Crippen LogP contribution in [-0.2, 0) is 10.1 Å². The minimum atomic E-state index is -4.43. The molecule has 1 unspecified atom stereocenters. The maximum atomic E-state index is 11.3. The van der Waals surface area contributed by atoms with E-state index < -0.39 is 10.1 Å². The highest BCUT2D eigenvalue weighted by Gasteiger charge is 2.17. The van der Waals surface area contributed by atoms with Crippen LogP contribution in [0, 0.1) is 6.92 Å². The molecule has 3 nitrogen and oxygen atoms in total. The van der Waals surface area contributed by atoms with Gasteiger partial charge in [0.15, 0.2) is 0 Å². The largest absolute Gasteiger partial charge is 0.744 e. The SMILES string of the molecule is Cc1ccc(S(=O)(=O)[O-])c(C(C)c2cccs2)c1. The van der Waals surface area contributed by atoms with Gasteiger partial charge in [0.2, 0.25) is 0 Å². The Morgan fingerprint density at radius 2 is 2.00 bits per heavy atom. The number of benzene rings is 1. The standard InChI is InChI=1S/C13H14O3S2/c1-9-5-6-13(18(14,15)16)11(8-9)10(2)12-4-3-7-17-12/h3-8,10H,1-2H3,(H,14,15,16)/p-1. The summed E-state index contributed by atoms with van der Waals surface area (Å²) in [7, 11) is -4.43. The summed E-state index contributed by atoms with van der Waals surface area (Å²) in [4.78, 5) is 0.930. The number of rotatable bonds is 3. The minimum Gasteiger partial charge on any atom is -0.744 e. The zero-order valence-electron chi connectivity index (χ0n) is 10.1. The average Bonchev–Trinajstić information content (AvgIpc) is 2.79. The molecule has 0 bridgehead atoms. The molecule has 1 aromatic heterocycles. The molecule has 1 heterocycles. The van der Waals surface area contributed by atoms with Crippen LogP contribution in [0.15, 0.2) is 40.6 Å². The van der Waals surface area contributed by atoms with Crippen molar-refractivity contribution in [2.75, 3.05) is 0 Å². The normalized spacial score (nSPS) is 13.5. The lowest BCUT2D eigenvalue weighted by Crippen LogP contribution is -2.06. The number of thiophene rings is 1. The van der Waals surface area contributed by atoms with Crippen molar-refractivity contribution < 1.29 is 13.0 Å². The number of aryl methyl sites for hydroxylation is 1. The third-order valence-electron chi connectivity index (χ3n) is 2.87. The third kappa shape index (κ3) is 2.63. The summed E-state index contributed by atoms with van der Waals surface area (Å²) in [5.74, 6) is -0.0939. The summed E-state index contributed by atoms with van der Waals surface area (Å²) in [6.45, 7) is 3.79. The maximum absolute atomic E-state index is 11.3. The molecule has 1 atom stereocenters. The molecule has 0 aliphatic rings. The van der Waals surface area contributed by atoms with Gasteiger partial charge in [-0.1, -0.05) is 30.7 Å². The van der Waals surface area contributed by atoms with Crippen LogP contribution in [0.3, 0.4) is 0 Å². The van der Waals surface area contributed by atoms with Crippen molar-refractivity contribution in [3.05, 3.63) is 51.7 Å². The van der Waals surface area contributed by atoms with Crippen molar-refractivity contribution in [1.29, 1.82) is 0 Å². The van der Waals surface area contributed by atoms with Crippen molar-refractivity contribution in [3.63, 3.8) is 0 Å². The molecular formula is C13H13O3S2-. The summed E-state index contributed by atoms with van der Waals surface area (Å²) >= 11 is 1.55. The van der Waals surface area contributed by atoms with Gasteiger partial charge in [-0.25, -0.2) is 8.42 Å². The van der Waals surface area contributed by atoms with Gasteiger partial charge < -0.3 is 4.55 Å². The second-order valence-corrected chi connectivity index (χ2v) is 6.56. The van der Waals surface area contributed by atoms with Crippen molar-refractivity contribution in [2.45, 2.75) is 24.7 Å². The van der Waals surface area contributed by atoms with Crippen LogP contribution in [0.25, 0.3) is 0 Å². The molecule has 0 aliphatic heterocycles. The Morgan fingerprint density at radius 1 is 1.28 bits per heavy atom. The van der Waals surface area contributed by atoms with Crippen LogP contribution < -0.4 is 0 Å². The zero-order valence-corrected chi connectivity index (χ0v) is 11.7. The first-order valence-electron chi connectivity index (χ1n) is 5.49. The molecule has 0 saturated heterocycles. The van der Waals surface area contributed by atoms with Crippen LogP contribution >= 0.6 is 11.3 Å². The van der Waals surface area contributed by atoms with E-state index in [1.165, 1.54) is 6.07 Å². The van der Waals surface area contributed by atoms with Crippen LogP contribution in [0.2, 0.25) is 0 Å². The molecule has 1 aromatic carbocycles. The van der Waals surface area contributed by atoms with Gasteiger partial charge in [-0.2, -0.15) is 0 Å². The fraction of sp³-hybridized carbons (Fsp3) is 0.231. The second-order valence-electron chi connectivity index (χ2n) is 4.23. The summed E-state index contributed by atoms with van der Waals surface area (Å²) < 4.78 is 33.9. The summed E-state index contributed by atoms with van der Waals surface area (Å²) in [6.07, 6.45) is 0. The lowest BCUT2D eigenvalue weighted by atomic mass is 9.98. The van der Waals surface area contributed by atoms with Crippen molar-refractivity contribution >= 4 is 21.5 Å². The number of hydrogen-bond donors (Lipinski definition) is 0. The van der Waals surface area contributed by atoms with Gasteiger partial charge >= 0.3 is 0 Å². The summed E-state index contributed by atoms with van der Waals surface area (Å²) in [6, 6.07) is 8.68. The van der Waals surface area contributed by atoms with Gasteiger partial charge in [0.05, 0.1) is 4.90 Å². The van der Waals surface area contributed by atoms with Gasteiger partial charge in [0.1, 0.15) is 10.1 Å². The number of hydrogen-bond acceptors (Lipinski definition) is 4. The van der Waals surface area contributed by atoms with Crippen LogP contribution in [0.1, 0.15) is 28.8 Å². The molecule has 0 fully saturated rings. The van der Waals surface area contributed by atoms with E-state index in [9.17, 15) is 13.0 Å². The second kappa shape index (κ2) is 4.84. The Labute approximate surface area is 111 Å². The minimum absolute atomic E-state index is 0.0939. The van der Waals surface area contributed by atoms with Crippen molar-refractivity contribution in [2.24, 2.45) is 0 Å². The van der Waals surface area contributed by atoms with Gasteiger partial charge in [-0.15, -0.1) is 11.3 Å². The van der Waals surface area contributed by atoms with E-state index in [4.69, 9.17) is 0 Å². The predicted molar refractivity (Wildman–Crippen MR) is 71.0 cm³/mol. The molecule has 2 aromatic rings. The molecule has 5 heteroatoms. The Balaban J connectivity index is 2.59. The summed E-state index contributed by atoms with van der Waals surface area (Å²) in [5.41, 5.74) is 1.52. The first kappa shape index (κ1) is 13.3. The molecular weight excluding hydrogens is 268 g/mol. The maximum Gasteiger partial charge on any atom is 0.124 e. The molecule has 0 saturated carbocycles. The highest BCUT2D eigenvalue weighted by molar-refractivity contribution is 7.85. The van der Waals surface area contributed by atoms with E-state index >= 15 is 0 Å². The smallest absolute Gasteiger partial charge is 0.124 e. The predicted octanol–water partition coefficient (Wildman–Crippen LogP) is 3.11. The Hall–Kier alpha value is -1.17. The highest BCUT2D eigenvalue weighted by Crippen LogP contribution is 2.32. The van der Waals surface area contributed by atoms with E-state index in [1.54, 1.807) is 23.5 Å². The van der Waals surface area contributed by atoms with E-state index in [0.717, 1.165) is 10.4 Å². The molecule has 0 radical (unpaired) electrons. The molecule has 0 spiro atoms. The van der Waals surface area contributed by atoms with Crippen molar-refractivity contribution in [1.82, 2.24) is 0 Å². The molecule has 2 rings (SSSR count). The zero-order chi connectivity index (χ0) is 13.3. The molecule has 96 valence electrons. The van der Waals surface area contributed by atoms with Gasteiger partial charge in [-0.3, -0.25) is 0 Å². The fourth-order valence-corrected chi connectivity index (χ4v) is 3.49. The fourth-order valence-electron chi connectivity index (χ4n) is 1.92. The van der Waals surface area contributed by atoms with Crippen molar-refractivity contribution in [3.8, 4) is 0 Å². The topological polar surface area (TPSA) is 57.2 Å². The Morgan fingerprint density at radius 3 is 2.56 bits per heavy atom. The monoisotopic (exact) mass is 281 g/mol. The lowest BCUT2D eigenvalue weighted by molar-refractivity contribution is 0.461. The summed E-state index contributed by atoms with van der Waals surface area (Å²) in [5, 5.41) is 1.94. The molecule has 18 heavy (non-hydrogen) atoms. The lowest BCUT2D eigenvalue weighted by Gasteiger charge is -2.18. The highest BCUT2D eigenvalue weighted by atomic mass is 32.2. The molecule has 0 aliphatic carbocycles. The van der Waals surface area contributed by atoms with E-state index in [2.05, 4.69) is 0 Å². The first-order valence-corrected chi connectivity index (χ1v) is 7.78. The quantitative estimate of drug-likeness (QED) is 0.812. The van der Waals surface area contributed by atoms with E-state index in [1.807, 2.05) is 31.4 Å². The van der Waals surface area contributed by atoms with E-state index in [-0.39, 0.29) is 10.8 Å². The first-order chi connectivity index (χ1) is 8.39. The van der Waals surface area contributed by atoms with Crippen LogP contribution in [-0.4, -0.2) is 13.0 Å². The average molecular weight is 281 g/mol. The van der Waals surface area contributed by atoms with Gasteiger partial charge in [-0.05, 0) is 30.0 Å². The molecule has 0 amide bonds. The van der Waals surface area contributed by atoms with E-state index in [0.29, 0.717) is 5.56 Å².